The predicted octanol–water partition coefficient (Wildman–Crippen LogP) is 3.11. The highest BCUT2D eigenvalue weighted by Gasteiger charge is 2.06. The van der Waals surface area contributed by atoms with Crippen molar-refractivity contribution in [1.82, 2.24) is 0 Å². The molecule has 0 atom stereocenters. The van der Waals surface area contributed by atoms with Gasteiger partial charge in [-0.1, -0.05) is 15.9 Å². The number of nitriles is 2. The van der Waals surface area contributed by atoms with Crippen molar-refractivity contribution in [3.8, 4) is 17.9 Å². The molecule has 0 bridgehead atoms. The summed E-state index contributed by atoms with van der Waals surface area (Å²) in [5.41, 5.74) is 1.70. The lowest BCUT2D eigenvalue weighted by Gasteiger charge is -2.11. The Morgan fingerprint density at radius 2 is 2.06 bits per heavy atom. The number of benzene rings is 1. The second kappa shape index (κ2) is 5.93. The lowest BCUT2D eigenvalue weighted by atomic mass is 10.2. The quantitative estimate of drug-likeness (QED) is 0.869. The first-order chi connectivity index (χ1) is 8.12. The molecule has 0 unspecified atom stereocenters. The van der Waals surface area contributed by atoms with E-state index in [1.807, 2.05) is 19.1 Å². The topological polar surface area (TPSA) is 68.8 Å². The molecule has 0 aromatic heterocycles. The third kappa shape index (κ3) is 3.24. The van der Waals surface area contributed by atoms with Crippen LogP contribution in [0.3, 0.4) is 0 Å². The molecular weight excluding hydrogens is 282 g/mol. The van der Waals surface area contributed by atoms with Crippen LogP contribution >= 0.6 is 15.9 Å². The fourth-order valence-electron chi connectivity index (χ4n) is 1.26. The Balaban J connectivity index is 3.09. The Bertz CT molecular complexity index is 522. The Morgan fingerprint density at radius 3 is 2.59 bits per heavy atom. The minimum absolute atomic E-state index is 0.0170. The summed E-state index contributed by atoms with van der Waals surface area (Å²) >= 11 is 3.36. The van der Waals surface area contributed by atoms with Gasteiger partial charge in [0.25, 0.3) is 0 Å². The van der Waals surface area contributed by atoms with Gasteiger partial charge in [0.15, 0.2) is 0 Å². The molecule has 17 heavy (non-hydrogen) atoms. The van der Waals surface area contributed by atoms with E-state index in [9.17, 15) is 0 Å². The Labute approximate surface area is 108 Å². The number of rotatable bonds is 3. The number of halogens is 1. The smallest absolute Gasteiger partial charge is 0.145 e. The lowest BCUT2D eigenvalue weighted by Crippen LogP contribution is -1.96. The predicted molar refractivity (Wildman–Crippen MR) is 68.4 cm³/mol. The van der Waals surface area contributed by atoms with Gasteiger partial charge in [0, 0.05) is 21.9 Å². The van der Waals surface area contributed by atoms with Gasteiger partial charge in [0.2, 0.25) is 0 Å². The number of hydrogen-bond donors (Lipinski definition) is 1. The molecule has 0 fully saturated rings. The molecule has 1 N–H and O–H groups in total. The normalized spacial score (nSPS) is 8.76. The summed E-state index contributed by atoms with van der Waals surface area (Å²) in [5.74, 6) is 0.728. The number of nitrogens with zero attached hydrogens (tertiary/aromatic N) is 2. The van der Waals surface area contributed by atoms with Crippen molar-refractivity contribution < 1.29 is 4.74 Å². The van der Waals surface area contributed by atoms with E-state index in [0.717, 1.165) is 21.5 Å². The molecule has 0 heterocycles. The summed E-state index contributed by atoms with van der Waals surface area (Å²) in [6, 6.07) is 7.25. The van der Waals surface area contributed by atoms with Crippen molar-refractivity contribution in [1.29, 1.82) is 10.5 Å². The fourth-order valence-corrected chi connectivity index (χ4v) is 1.69. The summed E-state index contributed by atoms with van der Waals surface area (Å²) in [7, 11) is 1.59. The van der Waals surface area contributed by atoms with Gasteiger partial charge in [0.05, 0.1) is 7.11 Å². The van der Waals surface area contributed by atoms with Crippen LogP contribution in [0.2, 0.25) is 0 Å². The monoisotopic (exact) mass is 291 g/mol. The van der Waals surface area contributed by atoms with Gasteiger partial charge in [-0.05, 0) is 19.1 Å². The summed E-state index contributed by atoms with van der Waals surface area (Å²) < 4.78 is 6.06. The van der Waals surface area contributed by atoms with Crippen molar-refractivity contribution in [2.45, 2.75) is 6.92 Å². The summed E-state index contributed by atoms with van der Waals surface area (Å²) in [5, 5.41) is 20.1. The highest BCUT2D eigenvalue weighted by molar-refractivity contribution is 9.10. The van der Waals surface area contributed by atoms with Crippen LogP contribution in [-0.4, -0.2) is 7.11 Å². The van der Waals surface area contributed by atoms with Gasteiger partial charge in [-0.25, -0.2) is 0 Å². The maximum absolute atomic E-state index is 8.61. The molecule has 0 aliphatic rings. The largest absolute Gasteiger partial charge is 0.496 e. The molecule has 0 radical (unpaired) electrons. The highest BCUT2D eigenvalue weighted by Crippen LogP contribution is 2.30. The van der Waals surface area contributed by atoms with Gasteiger partial charge in [-0.15, -0.1) is 0 Å². The lowest BCUT2D eigenvalue weighted by molar-refractivity contribution is 0.411. The molecule has 5 heteroatoms. The molecule has 1 aromatic carbocycles. The highest BCUT2D eigenvalue weighted by atomic mass is 79.9. The van der Waals surface area contributed by atoms with Crippen LogP contribution in [0.1, 0.15) is 5.56 Å². The maximum atomic E-state index is 8.61. The van der Waals surface area contributed by atoms with Crippen molar-refractivity contribution >= 4 is 21.6 Å². The molecule has 0 aliphatic heterocycles. The Hall–Kier alpha value is -1.98. The van der Waals surface area contributed by atoms with E-state index < -0.39 is 0 Å². The molecule has 0 amide bonds. The molecule has 0 spiro atoms. The van der Waals surface area contributed by atoms with Crippen molar-refractivity contribution in [2.24, 2.45) is 0 Å². The summed E-state index contributed by atoms with van der Waals surface area (Å²) in [4.78, 5) is 0. The first kappa shape index (κ1) is 13.1. The molecule has 86 valence electrons. The van der Waals surface area contributed by atoms with Crippen molar-refractivity contribution in [3.05, 3.63) is 33.9 Å². The van der Waals surface area contributed by atoms with E-state index in [-0.39, 0.29) is 5.57 Å². The minimum atomic E-state index is 0.0170. The van der Waals surface area contributed by atoms with Gasteiger partial charge in [0.1, 0.15) is 23.5 Å². The van der Waals surface area contributed by atoms with E-state index in [1.165, 1.54) is 6.20 Å². The second-order valence-corrected chi connectivity index (χ2v) is 4.12. The van der Waals surface area contributed by atoms with Crippen LogP contribution < -0.4 is 10.1 Å². The van der Waals surface area contributed by atoms with Crippen LogP contribution in [0.4, 0.5) is 5.69 Å². The number of methoxy groups -OCH3 is 1. The summed E-state index contributed by atoms with van der Waals surface area (Å²) in [6.45, 7) is 1.89. The molecule has 0 aliphatic carbocycles. The van der Waals surface area contributed by atoms with Crippen LogP contribution in [0.25, 0.3) is 0 Å². The number of allylic oxidation sites excluding steroid dienone is 1. The Kier molecular flexibility index (Phi) is 4.56. The van der Waals surface area contributed by atoms with E-state index in [0.29, 0.717) is 0 Å². The number of nitrogens with one attached hydrogen (secondary N) is 1. The fraction of sp³-hybridized carbons (Fsp3) is 0.167. The minimum Gasteiger partial charge on any atom is -0.496 e. The molecule has 0 saturated carbocycles. The standard InChI is InChI=1S/C12H10BrN3O/c1-8-11(16-7-9(5-14)6-15)3-10(13)4-12(8)17-2/h3-4,7,16H,1-2H3. The summed E-state index contributed by atoms with van der Waals surface area (Å²) in [6.07, 6.45) is 1.37. The molecular formula is C12H10BrN3O. The third-order valence-electron chi connectivity index (χ3n) is 2.16. The average Bonchev–Trinajstić information content (AvgIpc) is 2.34. The SMILES string of the molecule is COc1cc(Br)cc(NC=C(C#N)C#N)c1C. The van der Waals surface area contributed by atoms with Gasteiger partial charge in [-0.2, -0.15) is 10.5 Å². The number of ether oxygens (including phenoxy) is 1. The zero-order valence-electron chi connectivity index (χ0n) is 9.41. The van der Waals surface area contributed by atoms with Crippen LogP contribution in [0.15, 0.2) is 28.4 Å². The van der Waals surface area contributed by atoms with Crippen LogP contribution in [0, 0.1) is 29.6 Å². The van der Waals surface area contributed by atoms with E-state index in [2.05, 4.69) is 21.2 Å². The molecule has 0 saturated heterocycles. The molecule has 4 nitrogen and oxygen atoms in total. The number of anilines is 1. The maximum Gasteiger partial charge on any atom is 0.145 e. The zero-order chi connectivity index (χ0) is 12.8. The van der Waals surface area contributed by atoms with E-state index >= 15 is 0 Å². The van der Waals surface area contributed by atoms with Crippen LogP contribution in [-0.2, 0) is 0 Å². The molecule has 1 rings (SSSR count). The number of hydrogen-bond acceptors (Lipinski definition) is 4. The second-order valence-electron chi connectivity index (χ2n) is 3.21. The first-order valence-electron chi connectivity index (χ1n) is 4.73. The van der Waals surface area contributed by atoms with E-state index in [1.54, 1.807) is 19.2 Å². The van der Waals surface area contributed by atoms with Gasteiger partial charge >= 0.3 is 0 Å². The first-order valence-corrected chi connectivity index (χ1v) is 5.52. The van der Waals surface area contributed by atoms with Gasteiger partial charge in [-0.3, -0.25) is 0 Å². The van der Waals surface area contributed by atoms with Gasteiger partial charge < -0.3 is 10.1 Å². The Morgan fingerprint density at radius 1 is 1.41 bits per heavy atom. The average molecular weight is 292 g/mol. The van der Waals surface area contributed by atoms with Crippen molar-refractivity contribution in [3.63, 3.8) is 0 Å². The van der Waals surface area contributed by atoms with Crippen LogP contribution in [0.5, 0.6) is 5.75 Å². The zero-order valence-corrected chi connectivity index (χ0v) is 11.0. The van der Waals surface area contributed by atoms with E-state index in [4.69, 9.17) is 15.3 Å². The third-order valence-corrected chi connectivity index (χ3v) is 2.62. The molecule has 1 aromatic rings. The van der Waals surface area contributed by atoms with Crippen molar-refractivity contribution in [2.75, 3.05) is 12.4 Å².